The second kappa shape index (κ2) is 9.90. The summed E-state index contributed by atoms with van der Waals surface area (Å²) in [5, 5.41) is 13.2. The molecule has 0 radical (unpaired) electrons. The number of phenols is 1. The van der Waals surface area contributed by atoms with Gasteiger partial charge in [0.25, 0.3) is 0 Å². The first-order chi connectivity index (χ1) is 17.2. The molecule has 1 N–H and O–H groups in total. The maximum atomic E-state index is 11.1. The van der Waals surface area contributed by atoms with Gasteiger partial charge in [0.15, 0.2) is 11.5 Å². The van der Waals surface area contributed by atoms with Gasteiger partial charge < -0.3 is 14.6 Å². The minimum Gasteiger partial charge on any atom is -0.502 e. The molecule has 4 nitrogen and oxygen atoms in total. The fraction of sp³-hybridized carbons (Fsp3) is 0.367. The largest absolute Gasteiger partial charge is 0.502 e. The van der Waals surface area contributed by atoms with Gasteiger partial charge in [0.05, 0.1) is 28.5 Å². The minimum atomic E-state index is 0.126. The predicted octanol–water partition coefficient (Wildman–Crippen LogP) is 7.86. The van der Waals surface area contributed by atoms with Crippen LogP contribution in [-0.4, -0.2) is 23.0 Å². The number of aliphatic imine (C=N–C) groups is 1. The van der Waals surface area contributed by atoms with Crippen LogP contribution in [0.1, 0.15) is 73.8 Å². The minimum absolute atomic E-state index is 0.126. The van der Waals surface area contributed by atoms with Crippen molar-refractivity contribution in [3.63, 3.8) is 0 Å². The molecule has 2 aliphatic carbocycles. The molecule has 0 amide bonds. The Kier molecular flexibility index (Phi) is 6.34. The van der Waals surface area contributed by atoms with Crippen molar-refractivity contribution in [1.82, 2.24) is 0 Å². The number of hydrogen-bond acceptors (Lipinski definition) is 5. The molecule has 2 saturated carbocycles. The van der Waals surface area contributed by atoms with Crippen LogP contribution < -0.4 is 9.47 Å². The molecule has 2 heterocycles. The summed E-state index contributed by atoms with van der Waals surface area (Å²) in [6.45, 7) is 0. The zero-order chi connectivity index (χ0) is 23.6. The van der Waals surface area contributed by atoms with Crippen LogP contribution in [0.4, 0.5) is 0 Å². The van der Waals surface area contributed by atoms with E-state index in [0.29, 0.717) is 11.5 Å². The van der Waals surface area contributed by atoms with Crippen molar-refractivity contribution >= 4 is 28.3 Å². The molecule has 3 aromatic rings. The first-order valence-electron chi connectivity index (χ1n) is 12.9. The van der Waals surface area contributed by atoms with Crippen LogP contribution in [0.3, 0.4) is 0 Å². The van der Waals surface area contributed by atoms with E-state index in [0.717, 1.165) is 49.1 Å². The lowest BCUT2D eigenvalue weighted by molar-refractivity contribution is 0.183. The number of rotatable bonds is 7. The average Bonchev–Trinajstić information content (AvgIpc) is 3.69. The molecule has 180 valence electrons. The fourth-order valence-electron chi connectivity index (χ4n) is 5.46. The van der Waals surface area contributed by atoms with Gasteiger partial charge in [-0.15, -0.1) is 11.3 Å². The van der Waals surface area contributed by atoms with Gasteiger partial charge >= 0.3 is 0 Å². The molecule has 6 rings (SSSR count). The van der Waals surface area contributed by atoms with E-state index in [9.17, 15) is 5.11 Å². The smallest absolute Gasteiger partial charge is 0.200 e. The second-order valence-corrected chi connectivity index (χ2v) is 10.7. The van der Waals surface area contributed by atoms with Gasteiger partial charge in [0.2, 0.25) is 5.75 Å². The summed E-state index contributed by atoms with van der Waals surface area (Å²) in [5.74, 6) is 1.17. The van der Waals surface area contributed by atoms with Crippen LogP contribution >= 0.6 is 11.3 Å². The Morgan fingerprint density at radius 2 is 1.40 bits per heavy atom. The van der Waals surface area contributed by atoms with E-state index in [1.807, 2.05) is 18.2 Å². The SMILES string of the molecule is Oc1c(OC2CCCC2)cc(C2=NC(c3cccs3)=C(c3ccccc3)C2)cc1OC1CCCC1. The molecular formula is C30H31NO3S. The monoisotopic (exact) mass is 485 g/mol. The summed E-state index contributed by atoms with van der Waals surface area (Å²) < 4.78 is 12.7. The van der Waals surface area contributed by atoms with E-state index in [1.165, 1.54) is 41.7 Å². The van der Waals surface area contributed by atoms with E-state index in [2.05, 4.69) is 41.8 Å². The predicted molar refractivity (Wildman–Crippen MR) is 143 cm³/mol. The highest BCUT2D eigenvalue weighted by Gasteiger charge is 2.27. The average molecular weight is 486 g/mol. The van der Waals surface area contributed by atoms with Crippen LogP contribution in [0.2, 0.25) is 0 Å². The van der Waals surface area contributed by atoms with Crippen molar-refractivity contribution in [1.29, 1.82) is 0 Å². The highest BCUT2D eigenvalue weighted by atomic mass is 32.1. The molecule has 2 aromatic carbocycles. The van der Waals surface area contributed by atoms with Crippen molar-refractivity contribution in [2.24, 2.45) is 4.99 Å². The number of phenolic OH excluding ortho intramolecular Hbond substituents is 1. The molecule has 1 aromatic heterocycles. The molecule has 0 unspecified atom stereocenters. The van der Waals surface area contributed by atoms with Crippen molar-refractivity contribution in [2.75, 3.05) is 0 Å². The third-order valence-electron chi connectivity index (χ3n) is 7.32. The summed E-state index contributed by atoms with van der Waals surface area (Å²) in [4.78, 5) is 6.32. The third kappa shape index (κ3) is 4.74. The summed E-state index contributed by atoms with van der Waals surface area (Å²) >= 11 is 1.71. The number of allylic oxidation sites excluding steroid dienone is 1. The number of nitrogens with zero attached hydrogens (tertiary/aromatic N) is 1. The van der Waals surface area contributed by atoms with E-state index >= 15 is 0 Å². The van der Waals surface area contributed by atoms with E-state index in [4.69, 9.17) is 14.5 Å². The summed E-state index contributed by atoms with van der Waals surface area (Å²) in [5.41, 5.74) is 5.40. The molecule has 0 atom stereocenters. The second-order valence-electron chi connectivity index (χ2n) is 9.78. The van der Waals surface area contributed by atoms with Crippen molar-refractivity contribution in [3.8, 4) is 17.2 Å². The van der Waals surface area contributed by atoms with Gasteiger partial charge in [0, 0.05) is 12.0 Å². The first-order valence-corrected chi connectivity index (χ1v) is 13.7. The maximum absolute atomic E-state index is 11.1. The Hall–Kier alpha value is -3.05. The molecule has 0 saturated heterocycles. The van der Waals surface area contributed by atoms with Gasteiger partial charge in [-0.3, -0.25) is 4.99 Å². The molecule has 0 spiro atoms. The molecule has 3 aliphatic rings. The lowest BCUT2D eigenvalue weighted by Gasteiger charge is -2.20. The van der Waals surface area contributed by atoms with Crippen LogP contribution in [0.15, 0.2) is 65.0 Å². The van der Waals surface area contributed by atoms with Crippen LogP contribution in [0, 0.1) is 0 Å². The molecule has 35 heavy (non-hydrogen) atoms. The number of aromatic hydroxyl groups is 1. The van der Waals surface area contributed by atoms with E-state index in [-0.39, 0.29) is 18.0 Å². The zero-order valence-corrected chi connectivity index (χ0v) is 20.7. The molecule has 1 aliphatic heterocycles. The normalized spacial score (nSPS) is 18.9. The lowest BCUT2D eigenvalue weighted by atomic mass is 9.97. The highest BCUT2D eigenvalue weighted by molar-refractivity contribution is 7.11. The topological polar surface area (TPSA) is 51.0 Å². The van der Waals surface area contributed by atoms with Crippen LogP contribution in [0.5, 0.6) is 17.2 Å². The number of hydrogen-bond donors (Lipinski definition) is 1. The van der Waals surface area contributed by atoms with Crippen molar-refractivity contribution in [2.45, 2.75) is 70.0 Å². The molecule has 0 bridgehead atoms. The maximum Gasteiger partial charge on any atom is 0.200 e. The van der Waals surface area contributed by atoms with Gasteiger partial charge in [0.1, 0.15) is 0 Å². The van der Waals surface area contributed by atoms with Crippen LogP contribution in [-0.2, 0) is 0 Å². The van der Waals surface area contributed by atoms with E-state index in [1.54, 1.807) is 11.3 Å². The summed E-state index contributed by atoms with van der Waals surface area (Å²) in [7, 11) is 0. The third-order valence-corrected chi connectivity index (χ3v) is 8.20. The standard InChI is InChI=1S/C30H31NO3S/c32-30-26(33-22-11-4-5-12-22)17-21(18-27(30)34-23-13-6-7-14-23)25-19-24(20-9-2-1-3-10-20)29(31-25)28-15-8-16-35-28/h1-3,8-10,15-18,22-23,32H,4-7,11-14,19H2. The zero-order valence-electron chi connectivity index (χ0n) is 19.9. The Labute approximate surface area is 211 Å². The Balaban J connectivity index is 1.38. The molecule has 5 heteroatoms. The van der Waals surface area contributed by atoms with Gasteiger partial charge in [-0.25, -0.2) is 0 Å². The number of benzene rings is 2. The molecular weight excluding hydrogens is 454 g/mol. The Bertz CT molecular complexity index is 1190. The van der Waals surface area contributed by atoms with Gasteiger partial charge in [-0.05, 0) is 86.1 Å². The van der Waals surface area contributed by atoms with E-state index < -0.39 is 0 Å². The van der Waals surface area contributed by atoms with Crippen LogP contribution in [0.25, 0.3) is 11.3 Å². The van der Waals surface area contributed by atoms with Gasteiger partial charge in [-0.2, -0.15) is 0 Å². The van der Waals surface area contributed by atoms with Crippen molar-refractivity contribution in [3.05, 3.63) is 76.0 Å². The van der Waals surface area contributed by atoms with Crippen molar-refractivity contribution < 1.29 is 14.6 Å². The number of thiophene rings is 1. The molecule has 2 fully saturated rings. The number of ether oxygens (including phenoxy) is 2. The van der Waals surface area contributed by atoms with Gasteiger partial charge in [-0.1, -0.05) is 36.4 Å². The summed E-state index contributed by atoms with van der Waals surface area (Å²) in [6.07, 6.45) is 9.88. The lowest BCUT2D eigenvalue weighted by Crippen LogP contribution is -2.14. The fourth-order valence-corrected chi connectivity index (χ4v) is 6.20. The first kappa shape index (κ1) is 22.4. The summed E-state index contributed by atoms with van der Waals surface area (Å²) in [6, 6.07) is 18.7. The highest BCUT2D eigenvalue weighted by Crippen LogP contribution is 2.44. The quantitative estimate of drug-likeness (QED) is 0.371. The Morgan fingerprint density at radius 3 is 1.97 bits per heavy atom. The Morgan fingerprint density at radius 1 is 0.771 bits per heavy atom.